The first-order chi connectivity index (χ1) is 10.1. The summed E-state index contributed by atoms with van der Waals surface area (Å²) in [7, 11) is 0. The minimum absolute atomic E-state index is 0.0142. The number of piperazine rings is 1. The average molecular weight is 296 g/mol. The number of rotatable bonds is 5. The van der Waals surface area contributed by atoms with Crippen molar-refractivity contribution in [3.63, 3.8) is 0 Å². The van der Waals surface area contributed by atoms with Gasteiger partial charge in [-0.25, -0.2) is 0 Å². The quantitative estimate of drug-likeness (QED) is 0.776. The van der Waals surface area contributed by atoms with Crippen LogP contribution in [0, 0.1) is 5.92 Å². The Labute approximate surface area is 129 Å². The molecule has 1 amide bonds. The Hall–Kier alpha value is -0.650. The molecule has 0 spiro atoms. The second-order valence-corrected chi connectivity index (χ2v) is 6.78. The molecule has 0 aromatic heterocycles. The Morgan fingerprint density at radius 1 is 1.29 bits per heavy atom. The van der Waals surface area contributed by atoms with E-state index in [1.165, 1.54) is 32.5 Å². The molecule has 2 N–H and O–H groups in total. The van der Waals surface area contributed by atoms with Crippen LogP contribution in [0.2, 0.25) is 0 Å². The number of hydrogen-bond donors (Lipinski definition) is 2. The molecule has 2 saturated heterocycles. The van der Waals surface area contributed by atoms with Crippen LogP contribution in [0.5, 0.6) is 0 Å². The number of likely N-dealkylation sites (tertiary alicyclic amines) is 1. The highest BCUT2D eigenvalue weighted by atomic mass is 16.2. The van der Waals surface area contributed by atoms with E-state index >= 15 is 0 Å². The average Bonchev–Trinajstić information content (AvgIpc) is 2.48. The number of nitrogens with one attached hydrogen (secondary N) is 2. The van der Waals surface area contributed by atoms with E-state index in [1.807, 2.05) is 6.92 Å². The molecule has 2 aliphatic rings. The lowest BCUT2D eigenvalue weighted by Gasteiger charge is -2.44. The van der Waals surface area contributed by atoms with E-state index in [0.29, 0.717) is 6.04 Å². The molecule has 2 rings (SSSR count). The van der Waals surface area contributed by atoms with Crippen molar-refractivity contribution in [2.24, 2.45) is 5.92 Å². The lowest BCUT2D eigenvalue weighted by molar-refractivity contribution is -0.128. The second-order valence-electron chi connectivity index (χ2n) is 6.78. The van der Waals surface area contributed by atoms with Crippen molar-refractivity contribution in [1.29, 1.82) is 0 Å². The molecule has 0 aromatic carbocycles. The van der Waals surface area contributed by atoms with Gasteiger partial charge in [0.1, 0.15) is 6.04 Å². The van der Waals surface area contributed by atoms with E-state index < -0.39 is 0 Å². The molecule has 5 heteroatoms. The molecule has 0 bridgehead atoms. The Morgan fingerprint density at radius 2 is 2.00 bits per heavy atom. The number of hydrogen-bond acceptors (Lipinski definition) is 4. The van der Waals surface area contributed by atoms with Crippen LogP contribution < -0.4 is 10.6 Å². The molecule has 2 aliphatic heterocycles. The van der Waals surface area contributed by atoms with Gasteiger partial charge >= 0.3 is 0 Å². The van der Waals surface area contributed by atoms with Crippen LogP contribution in [-0.2, 0) is 4.79 Å². The summed E-state index contributed by atoms with van der Waals surface area (Å²) in [4.78, 5) is 17.3. The van der Waals surface area contributed by atoms with Crippen molar-refractivity contribution in [2.75, 3.05) is 45.8 Å². The van der Waals surface area contributed by atoms with Crippen molar-refractivity contribution < 1.29 is 4.79 Å². The van der Waals surface area contributed by atoms with Crippen molar-refractivity contribution >= 4 is 5.91 Å². The van der Waals surface area contributed by atoms with Crippen LogP contribution in [0.15, 0.2) is 0 Å². The minimum atomic E-state index is 0.0142. The standard InChI is InChI=1S/C16H32N4O/c1-4-18-16(21)15-11-17-7-10-20(15)14-5-8-19(9-6-14)12-13(2)3/h13-15,17H,4-12H2,1-3H3,(H,18,21). The first-order valence-corrected chi connectivity index (χ1v) is 8.58. The Morgan fingerprint density at radius 3 is 2.62 bits per heavy atom. The number of nitrogens with zero attached hydrogens (tertiary/aromatic N) is 2. The maximum atomic E-state index is 12.3. The van der Waals surface area contributed by atoms with Crippen LogP contribution in [0.25, 0.3) is 0 Å². The van der Waals surface area contributed by atoms with Crippen molar-refractivity contribution in [3.05, 3.63) is 0 Å². The Bertz CT molecular complexity index is 326. The van der Waals surface area contributed by atoms with Crippen molar-refractivity contribution in [2.45, 2.75) is 45.7 Å². The first kappa shape index (κ1) is 16.7. The van der Waals surface area contributed by atoms with E-state index in [9.17, 15) is 4.79 Å². The molecular formula is C16H32N4O. The number of amides is 1. The molecule has 5 nitrogen and oxygen atoms in total. The third-order valence-corrected chi connectivity index (χ3v) is 4.59. The van der Waals surface area contributed by atoms with E-state index in [-0.39, 0.29) is 11.9 Å². The topological polar surface area (TPSA) is 47.6 Å². The molecular weight excluding hydrogens is 264 g/mol. The monoisotopic (exact) mass is 296 g/mol. The highest BCUT2D eigenvalue weighted by Gasteiger charge is 2.34. The Kier molecular flexibility index (Phi) is 6.45. The number of piperidine rings is 1. The summed E-state index contributed by atoms with van der Waals surface area (Å²) in [6.45, 7) is 13.6. The van der Waals surface area contributed by atoms with Gasteiger partial charge in [-0.1, -0.05) is 13.8 Å². The van der Waals surface area contributed by atoms with E-state index in [1.54, 1.807) is 0 Å². The third kappa shape index (κ3) is 4.66. The van der Waals surface area contributed by atoms with Crippen LogP contribution in [0.4, 0.5) is 0 Å². The van der Waals surface area contributed by atoms with E-state index in [2.05, 4.69) is 34.3 Å². The van der Waals surface area contributed by atoms with Crippen LogP contribution in [0.3, 0.4) is 0 Å². The highest BCUT2D eigenvalue weighted by molar-refractivity contribution is 5.82. The molecule has 0 saturated carbocycles. The molecule has 2 fully saturated rings. The van der Waals surface area contributed by atoms with Crippen LogP contribution in [-0.4, -0.2) is 73.6 Å². The van der Waals surface area contributed by atoms with Crippen LogP contribution >= 0.6 is 0 Å². The molecule has 0 aliphatic carbocycles. The van der Waals surface area contributed by atoms with Gasteiger partial charge in [0.15, 0.2) is 0 Å². The zero-order valence-corrected chi connectivity index (χ0v) is 13.9. The van der Waals surface area contributed by atoms with Gasteiger partial charge in [-0.2, -0.15) is 0 Å². The largest absolute Gasteiger partial charge is 0.355 e. The predicted octanol–water partition coefficient (Wildman–Crippen LogP) is 0.517. The molecule has 122 valence electrons. The minimum Gasteiger partial charge on any atom is -0.355 e. The summed E-state index contributed by atoms with van der Waals surface area (Å²) < 4.78 is 0. The zero-order chi connectivity index (χ0) is 15.2. The van der Waals surface area contributed by atoms with Gasteiger partial charge in [0, 0.05) is 38.8 Å². The maximum absolute atomic E-state index is 12.3. The third-order valence-electron chi connectivity index (χ3n) is 4.59. The van der Waals surface area contributed by atoms with Crippen molar-refractivity contribution in [1.82, 2.24) is 20.4 Å². The summed E-state index contributed by atoms with van der Waals surface area (Å²) in [6, 6.07) is 0.587. The summed E-state index contributed by atoms with van der Waals surface area (Å²) in [5.74, 6) is 0.929. The lowest BCUT2D eigenvalue weighted by Crippen LogP contribution is -2.62. The molecule has 2 heterocycles. The number of likely N-dealkylation sites (N-methyl/N-ethyl adjacent to an activating group) is 1. The molecule has 1 unspecified atom stereocenters. The van der Waals surface area contributed by atoms with Gasteiger partial charge in [0.25, 0.3) is 0 Å². The van der Waals surface area contributed by atoms with E-state index in [0.717, 1.165) is 32.1 Å². The van der Waals surface area contributed by atoms with Gasteiger partial charge in [-0.05, 0) is 38.8 Å². The van der Waals surface area contributed by atoms with Crippen LogP contribution in [0.1, 0.15) is 33.6 Å². The maximum Gasteiger partial charge on any atom is 0.238 e. The second kappa shape index (κ2) is 8.11. The summed E-state index contributed by atoms with van der Waals surface area (Å²) in [6.07, 6.45) is 2.39. The van der Waals surface area contributed by atoms with Gasteiger partial charge in [-0.15, -0.1) is 0 Å². The molecule has 0 aromatic rings. The van der Waals surface area contributed by atoms with Gasteiger partial charge in [0.05, 0.1) is 0 Å². The summed E-state index contributed by atoms with van der Waals surface area (Å²) in [5, 5.41) is 6.35. The summed E-state index contributed by atoms with van der Waals surface area (Å²) >= 11 is 0. The molecule has 1 atom stereocenters. The van der Waals surface area contributed by atoms with Gasteiger partial charge in [0.2, 0.25) is 5.91 Å². The van der Waals surface area contributed by atoms with Crippen molar-refractivity contribution in [3.8, 4) is 0 Å². The predicted molar refractivity (Wildman–Crippen MR) is 86.3 cm³/mol. The fraction of sp³-hybridized carbons (Fsp3) is 0.938. The molecule has 21 heavy (non-hydrogen) atoms. The smallest absolute Gasteiger partial charge is 0.238 e. The zero-order valence-electron chi connectivity index (χ0n) is 13.9. The first-order valence-electron chi connectivity index (χ1n) is 8.58. The Balaban J connectivity index is 1.89. The van der Waals surface area contributed by atoms with E-state index in [4.69, 9.17) is 0 Å². The fourth-order valence-electron chi connectivity index (χ4n) is 3.64. The fourth-order valence-corrected chi connectivity index (χ4v) is 3.64. The lowest BCUT2D eigenvalue weighted by atomic mass is 9.98. The summed E-state index contributed by atoms with van der Waals surface area (Å²) in [5.41, 5.74) is 0. The van der Waals surface area contributed by atoms with Gasteiger partial charge < -0.3 is 15.5 Å². The number of carbonyl (C=O) groups excluding carboxylic acids is 1. The SMILES string of the molecule is CCNC(=O)C1CNCCN1C1CCN(CC(C)C)CC1. The normalized spacial score (nSPS) is 26.2. The van der Waals surface area contributed by atoms with Gasteiger partial charge in [-0.3, -0.25) is 9.69 Å². The number of carbonyl (C=O) groups is 1. The molecule has 0 radical (unpaired) electrons. The highest BCUT2D eigenvalue weighted by Crippen LogP contribution is 2.20.